The van der Waals surface area contributed by atoms with Gasteiger partial charge in [0, 0.05) is 29.4 Å². The zero-order chi connectivity index (χ0) is 20.5. The summed E-state index contributed by atoms with van der Waals surface area (Å²) in [6.45, 7) is 0.933. The van der Waals surface area contributed by atoms with Gasteiger partial charge in [0.25, 0.3) is 10.0 Å². The highest BCUT2D eigenvalue weighted by Crippen LogP contribution is 2.25. The Morgan fingerprint density at radius 1 is 0.964 bits per heavy atom. The molecule has 3 rings (SSSR count). The van der Waals surface area contributed by atoms with Crippen LogP contribution < -0.4 is 9.83 Å². The number of hydrogen-bond acceptors (Lipinski definition) is 6. The average Bonchev–Trinajstić information content (AvgIpc) is 3.17. The van der Waals surface area contributed by atoms with Crippen LogP contribution in [0.2, 0.25) is 5.02 Å². The fraction of sp³-hybridized carbons (Fsp3) is 0.235. The van der Waals surface area contributed by atoms with Crippen molar-refractivity contribution in [3.63, 3.8) is 0 Å². The fourth-order valence-electron chi connectivity index (χ4n) is 2.81. The van der Waals surface area contributed by atoms with Crippen LogP contribution >= 0.6 is 11.6 Å². The molecule has 0 aromatic heterocycles. The summed E-state index contributed by atoms with van der Waals surface area (Å²) in [5.41, 5.74) is -0.318. The van der Waals surface area contributed by atoms with E-state index in [-0.39, 0.29) is 20.5 Å². The minimum atomic E-state index is -4.11. The van der Waals surface area contributed by atoms with E-state index in [1.807, 2.05) is 0 Å². The smallest absolute Gasteiger partial charge is 0.261 e. The van der Waals surface area contributed by atoms with Crippen molar-refractivity contribution in [1.82, 2.24) is 4.31 Å². The van der Waals surface area contributed by atoms with E-state index in [9.17, 15) is 26.7 Å². The first kappa shape index (κ1) is 20.6. The van der Waals surface area contributed by atoms with E-state index in [0.29, 0.717) is 13.1 Å². The monoisotopic (exact) mass is 443 g/mol. The van der Waals surface area contributed by atoms with Crippen molar-refractivity contribution in [2.75, 3.05) is 17.8 Å². The molecule has 1 N–H and O–H groups in total. The number of carbonyl (C=O) groups is 1. The van der Waals surface area contributed by atoms with Gasteiger partial charge in [-0.15, -0.1) is 0 Å². The molecule has 2 aromatic rings. The Kier molecular flexibility index (Phi) is 5.67. The van der Waals surface area contributed by atoms with Gasteiger partial charge in [-0.1, -0.05) is 11.6 Å². The van der Waals surface area contributed by atoms with Gasteiger partial charge in [0.05, 0.1) is 15.8 Å². The van der Waals surface area contributed by atoms with Crippen molar-refractivity contribution in [2.45, 2.75) is 22.6 Å². The zero-order valence-corrected chi connectivity index (χ0v) is 16.8. The number of hydrogen-bond donors (Lipinski definition) is 1. The number of benzene rings is 2. The lowest BCUT2D eigenvalue weighted by Gasteiger charge is -2.16. The third-order valence-corrected chi connectivity index (χ3v) is 7.90. The van der Waals surface area contributed by atoms with Gasteiger partial charge < -0.3 is 9.90 Å². The topological polar surface area (TPSA) is 124 Å². The van der Waals surface area contributed by atoms with E-state index in [4.69, 9.17) is 11.6 Å². The third-order valence-electron chi connectivity index (χ3n) is 4.28. The van der Waals surface area contributed by atoms with Crippen molar-refractivity contribution in [2.24, 2.45) is 0 Å². The molecular formula is C17H16ClN2O6S2-. The molecule has 1 aliphatic rings. The Morgan fingerprint density at radius 2 is 1.54 bits per heavy atom. The minimum absolute atomic E-state index is 0.0723. The van der Waals surface area contributed by atoms with E-state index in [0.717, 1.165) is 31.0 Å². The highest BCUT2D eigenvalue weighted by atomic mass is 35.5. The van der Waals surface area contributed by atoms with Crippen molar-refractivity contribution in [3.05, 3.63) is 53.1 Å². The first-order chi connectivity index (χ1) is 13.1. The molecule has 150 valence electrons. The minimum Gasteiger partial charge on any atom is -0.545 e. The second kappa shape index (κ2) is 7.70. The van der Waals surface area contributed by atoms with Crippen LogP contribution in [0, 0.1) is 0 Å². The predicted octanol–water partition coefficient (Wildman–Crippen LogP) is 1.29. The van der Waals surface area contributed by atoms with Crippen LogP contribution in [-0.2, 0) is 20.0 Å². The van der Waals surface area contributed by atoms with Crippen molar-refractivity contribution >= 4 is 43.3 Å². The van der Waals surface area contributed by atoms with Gasteiger partial charge in [0.2, 0.25) is 10.0 Å². The van der Waals surface area contributed by atoms with Gasteiger partial charge in [-0.3, -0.25) is 4.72 Å². The number of carboxylic acids is 1. The number of nitrogens with one attached hydrogen (secondary N) is 1. The SMILES string of the molecule is O=C([O-])c1cc(S(=O)(=O)Nc2ccc(S(=O)(=O)N3CCCC3)cc2)ccc1Cl. The Morgan fingerprint density at radius 3 is 2.11 bits per heavy atom. The maximum atomic E-state index is 12.5. The summed E-state index contributed by atoms with van der Waals surface area (Å²) in [4.78, 5) is 10.8. The highest BCUT2D eigenvalue weighted by Gasteiger charge is 2.27. The van der Waals surface area contributed by atoms with Crippen LogP contribution in [-0.4, -0.2) is 40.2 Å². The molecule has 1 aliphatic heterocycles. The van der Waals surface area contributed by atoms with Crippen molar-refractivity contribution in [1.29, 1.82) is 0 Å². The lowest BCUT2D eigenvalue weighted by Crippen LogP contribution is -2.27. The number of carboxylic acid groups (broad SMARTS) is 1. The molecule has 0 radical (unpaired) electrons. The van der Waals surface area contributed by atoms with Crippen LogP contribution in [0.4, 0.5) is 5.69 Å². The summed E-state index contributed by atoms with van der Waals surface area (Å²) in [6.07, 6.45) is 1.62. The van der Waals surface area contributed by atoms with Crippen LogP contribution in [0.25, 0.3) is 0 Å². The molecule has 1 fully saturated rings. The number of rotatable bonds is 6. The molecule has 11 heteroatoms. The van der Waals surface area contributed by atoms with Crippen LogP contribution in [0.3, 0.4) is 0 Å². The Labute approximate surface area is 167 Å². The van der Waals surface area contributed by atoms with Gasteiger partial charge in [-0.25, -0.2) is 16.8 Å². The Balaban J connectivity index is 1.84. The molecule has 2 aromatic carbocycles. The Bertz CT molecular complexity index is 1110. The molecule has 0 unspecified atom stereocenters. The first-order valence-corrected chi connectivity index (χ1v) is 11.6. The van der Waals surface area contributed by atoms with Gasteiger partial charge in [-0.2, -0.15) is 4.31 Å². The standard InChI is InChI=1S/C17H17ClN2O6S2/c18-16-8-7-14(11-15(16)17(21)22)27(23,24)19-12-3-5-13(6-4-12)28(25,26)20-9-1-2-10-20/h3-8,11,19H,1-2,9-10H2,(H,21,22)/p-1. The number of anilines is 1. The maximum absolute atomic E-state index is 12.5. The van der Waals surface area contributed by atoms with E-state index in [1.165, 1.54) is 28.6 Å². The van der Waals surface area contributed by atoms with E-state index < -0.39 is 31.6 Å². The van der Waals surface area contributed by atoms with Crippen LogP contribution in [0.15, 0.2) is 52.3 Å². The third kappa shape index (κ3) is 4.14. The largest absolute Gasteiger partial charge is 0.545 e. The molecule has 0 saturated carbocycles. The average molecular weight is 444 g/mol. The highest BCUT2D eigenvalue weighted by molar-refractivity contribution is 7.92. The molecular weight excluding hydrogens is 428 g/mol. The van der Waals surface area contributed by atoms with Crippen molar-refractivity contribution in [3.8, 4) is 0 Å². The number of halogens is 1. The van der Waals surface area contributed by atoms with Gasteiger partial charge in [-0.05, 0) is 55.3 Å². The van der Waals surface area contributed by atoms with E-state index >= 15 is 0 Å². The lowest BCUT2D eigenvalue weighted by molar-refractivity contribution is -0.255. The summed E-state index contributed by atoms with van der Waals surface area (Å²) in [5.74, 6) is -1.60. The second-order valence-corrected chi connectivity index (χ2v) is 10.2. The molecule has 0 bridgehead atoms. The summed E-state index contributed by atoms with van der Waals surface area (Å²) in [7, 11) is -7.71. The van der Waals surface area contributed by atoms with Gasteiger partial charge in [0.15, 0.2) is 0 Å². The molecule has 8 nitrogen and oxygen atoms in total. The normalized spacial score (nSPS) is 15.5. The van der Waals surface area contributed by atoms with E-state index in [2.05, 4.69) is 4.72 Å². The van der Waals surface area contributed by atoms with Crippen LogP contribution in [0.1, 0.15) is 23.2 Å². The fourth-order valence-corrected chi connectivity index (χ4v) is 5.61. The number of nitrogens with zero attached hydrogens (tertiary/aromatic N) is 1. The molecule has 0 amide bonds. The van der Waals surface area contributed by atoms with Crippen molar-refractivity contribution < 1.29 is 26.7 Å². The maximum Gasteiger partial charge on any atom is 0.261 e. The summed E-state index contributed by atoms with van der Waals surface area (Å²) < 4.78 is 53.6. The number of sulfonamides is 2. The zero-order valence-electron chi connectivity index (χ0n) is 14.5. The lowest BCUT2D eigenvalue weighted by atomic mass is 10.2. The summed E-state index contributed by atoms with van der Waals surface area (Å²) in [6, 6.07) is 8.49. The van der Waals surface area contributed by atoms with Crippen LogP contribution in [0.5, 0.6) is 0 Å². The molecule has 1 saturated heterocycles. The number of carbonyl (C=O) groups excluding carboxylic acids is 1. The molecule has 0 spiro atoms. The predicted molar refractivity (Wildman–Crippen MR) is 101 cm³/mol. The Hall–Kier alpha value is -2.14. The van der Waals surface area contributed by atoms with Gasteiger partial charge in [0.1, 0.15) is 0 Å². The molecule has 0 atom stereocenters. The molecule has 0 aliphatic carbocycles. The quantitative estimate of drug-likeness (QED) is 0.717. The molecule has 1 heterocycles. The second-order valence-electron chi connectivity index (χ2n) is 6.17. The summed E-state index contributed by atoms with van der Waals surface area (Å²) in [5, 5.41) is 10.9. The van der Waals surface area contributed by atoms with E-state index in [1.54, 1.807) is 0 Å². The first-order valence-electron chi connectivity index (χ1n) is 8.25. The molecule has 28 heavy (non-hydrogen) atoms. The number of aromatic carboxylic acids is 1. The van der Waals surface area contributed by atoms with Gasteiger partial charge >= 0.3 is 0 Å². The summed E-state index contributed by atoms with van der Waals surface area (Å²) >= 11 is 5.72.